The number of aromatic nitrogens is 2. The molecule has 2 bridgehead atoms. The Morgan fingerprint density at radius 2 is 1.70 bits per heavy atom. The van der Waals surface area contributed by atoms with Crippen LogP contribution in [-0.4, -0.2) is 101 Å². The zero-order valence-corrected chi connectivity index (χ0v) is 34.4. The maximum Gasteiger partial charge on any atom is 0.434 e. The molecule has 3 amide bonds. The number of nitrogens with one attached hydrogen (secondary N) is 2. The van der Waals surface area contributed by atoms with Crippen molar-refractivity contribution in [2.24, 2.45) is 23.7 Å². The van der Waals surface area contributed by atoms with Crippen molar-refractivity contribution in [2.45, 2.75) is 122 Å². The van der Waals surface area contributed by atoms with Gasteiger partial charge in [0.15, 0.2) is 11.8 Å². The minimum atomic E-state index is -4.63. The molecule has 1 saturated carbocycles. The lowest BCUT2D eigenvalue weighted by molar-refractivity contribution is -0.149. The number of rotatable bonds is 18. The molecule has 3 aliphatic heterocycles. The summed E-state index contributed by atoms with van der Waals surface area (Å²) < 4.78 is 50.3. The monoisotopic (exact) mass is 826 g/mol. The number of hydrogen-bond donors (Lipinski definition) is 2. The van der Waals surface area contributed by atoms with Gasteiger partial charge in [-0.2, -0.15) is 13.2 Å². The summed E-state index contributed by atoms with van der Waals surface area (Å²) in [5.74, 6) is -1.95. The lowest BCUT2D eigenvalue weighted by atomic mass is 9.83. The summed E-state index contributed by atoms with van der Waals surface area (Å²) in [6.07, 6.45) is 0.192. The third kappa shape index (κ3) is 11.5. The van der Waals surface area contributed by atoms with Gasteiger partial charge in [-0.25, -0.2) is 9.97 Å². The van der Waals surface area contributed by atoms with Crippen LogP contribution in [0.5, 0.6) is 0 Å². The van der Waals surface area contributed by atoms with E-state index >= 15 is 0 Å². The summed E-state index contributed by atoms with van der Waals surface area (Å²) in [4.78, 5) is 78.0. The molecule has 310 valence electrons. The van der Waals surface area contributed by atoms with Gasteiger partial charge in [0.2, 0.25) is 11.8 Å². The minimum Gasteiger partial charge on any atom is -0.469 e. The Morgan fingerprint density at radius 3 is 2.25 bits per heavy atom. The van der Waals surface area contributed by atoms with Crippen molar-refractivity contribution in [2.75, 3.05) is 27.2 Å². The van der Waals surface area contributed by atoms with Gasteiger partial charge in [-0.15, -0.1) is 22.7 Å². The maximum atomic E-state index is 14.2. The first-order chi connectivity index (χ1) is 26.4. The maximum absolute atomic E-state index is 14.2. The fourth-order valence-electron chi connectivity index (χ4n) is 7.78. The Bertz CT molecular complexity index is 1710. The van der Waals surface area contributed by atoms with Gasteiger partial charge in [0.1, 0.15) is 16.7 Å². The summed E-state index contributed by atoms with van der Waals surface area (Å²) in [6, 6.07) is -2.15. The number of ether oxygens (including phenoxy) is 2. The molecular weight excluding hydrogens is 774 g/mol. The molecule has 2 aromatic heterocycles. The standard InChI is InChI=1S/C38H53F3N6O7S2/c1-20(2)28(46(5)36(51)26(14-23-7-8-23)43-34(50)29-15-24-9-11-47(29)12-10-24)17-30(54-22(4)48)35-44-27(18-56-35)33(49)42-25(13-21(3)37(52)53-6)16-32-45-31(19-55-32)38(39,40)41/h18-21,23-26,28-30H,7-17H2,1-6H3,(H,42,49)(H,43,50)/t21-,25+,26-,28+,29+,30+/m0/s1. The third-order valence-corrected chi connectivity index (χ3v) is 12.9. The van der Waals surface area contributed by atoms with E-state index in [-0.39, 0.29) is 53.7 Å². The molecule has 13 nitrogen and oxygen atoms in total. The molecular formula is C38H53F3N6O7S2. The first-order valence-electron chi connectivity index (χ1n) is 19.3. The zero-order valence-electron chi connectivity index (χ0n) is 32.7. The van der Waals surface area contributed by atoms with E-state index in [2.05, 4.69) is 25.5 Å². The van der Waals surface area contributed by atoms with Crippen LogP contribution in [0.1, 0.15) is 111 Å². The summed E-state index contributed by atoms with van der Waals surface area (Å²) in [6.45, 7) is 8.55. The van der Waals surface area contributed by atoms with Gasteiger partial charge in [-0.05, 0) is 62.9 Å². The van der Waals surface area contributed by atoms with Gasteiger partial charge >= 0.3 is 18.1 Å². The average molecular weight is 827 g/mol. The van der Waals surface area contributed by atoms with Crippen LogP contribution in [-0.2, 0) is 41.2 Å². The fourth-order valence-corrected chi connectivity index (χ4v) is 9.50. The van der Waals surface area contributed by atoms with Crippen molar-refractivity contribution in [3.8, 4) is 0 Å². The number of likely N-dealkylation sites (N-methyl/N-ethyl adjacent to an activating group) is 1. The highest BCUT2D eigenvalue weighted by molar-refractivity contribution is 7.10. The number of piperidine rings is 3. The van der Waals surface area contributed by atoms with Gasteiger partial charge in [-0.3, -0.25) is 28.9 Å². The summed E-state index contributed by atoms with van der Waals surface area (Å²) in [5.41, 5.74) is -1.05. The number of hydrogen-bond acceptors (Lipinski definition) is 12. The number of carbonyl (C=O) groups excluding carboxylic acids is 5. The Hall–Kier alpha value is -3.64. The minimum absolute atomic E-state index is 0.0158. The number of esters is 2. The molecule has 18 heteroatoms. The van der Waals surface area contributed by atoms with Crippen molar-refractivity contribution in [3.05, 3.63) is 32.2 Å². The first kappa shape index (κ1) is 43.5. The van der Waals surface area contributed by atoms with Crippen molar-refractivity contribution in [1.29, 1.82) is 0 Å². The van der Waals surface area contributed by atoms with Crippen LogP contribution in [0.15, 0.2) is 10.8 Å². The number of halogens is 3. The predicted molar refractivity (Wildman–Crippen MR) is 202 cm³/mol. The topological polar surface area (TPSA) is 160 Å². The second-order valence-corrected chi connectivity index (χ2v) is 17.6. The predicted octanol–water partition coefficient (Wildman–Crippen LogP) is 5.41. The number of carbonyl (C=O) groups is 5. The molecule has 2 N–H and O–H groups in total. The summed E-state index contributed by atoms with van der Waals surface area (Å²) in [5, 5.41) is 8.74. The van der Waals surface area contributed by atoms with Crippen molar-refractivity contribution in [1.82, 2.24) is 30.4 Å². The van der Waals surface area contributed by atoms with Crippen molar-refractivity contribution in [3.63, 3.8) is 0 Å². The molecule has 0 unspecified atom stereocenters. The van der Waals surface area contributed by atoms with Crippen LogP contribution >= 0.6 is 22.7 Å². The second kappa shape index (κ2) is 18.7. The molecule has 0 spiro atoms. The first-order valence-corrected chi connectivity index (χ1v) is 21.0. The van der Waals surface area contributed by atoms with E-state index in [1.54, 1.807) is 18.9 Å². The SMILES string of the molecule is COC(=O)[C@@H](C)C[C@H](Cc1nc(C(F)(F)F)cs1)NC(=O)c1csc([C@@H](C[C@H](C(C)C)N(C)C(=O)[C@H](CC2CC2)NC(=O)[C@H]2CC3CCN2CC3)OC(C)=O)n1. The number of amides is 3. The largest absolute Gasteiger partial charge is 0.469 e. The van der Waals surface area contributed by atoms with Crippen LogP contribution in [0, 0.1) is 23.7 Å². The van der Waals surface area contributed by atoms with E-state index in [4.69, 9.17) is 9.47 Å². The van der Waals surface area contributed by atoms with Crippen molar-refractivity contribution < 1.29 is 46.6 Å². The second-order valence-electron chi connectivity index (χ2n) is 15.8. The molecule has 4 aliphatic rings. The molecule has 5 heterocycles. The fraction of sp³-hybridized carbons (Fsp3) is 0.711. The quantitative estimate of drug-likeness (QED) is 0.186. The molecule has 6 rings (SSSR count). The van der Waals surface area contributed by atoms with Gasteiger partial charge in [0.25, 0.3) is 5.91 Å². The van der Waals surface area contributed by atoms with E-state index < -0.39 is 59.9 Å². The van der Waals surface area contributed by atoms with Crippen LogP contribution in [0.3, 0.4) is 0 Å². The van der Waals surface area contributed by atoms with Gasteiger partial charge in [0, 0.05) is 49.7 Å². The highest BCUT2D eigenvalue weighted by Crippen LogP contribution is 2.36. The van der Waals surface area contributed by atoms with Crippen LogP contribution in [0.2, 0.25) is 0 Å². The third-order valence-electron chi connectivity index (χ3n) is 11.1. The van der Waals surface area contributed by atoms with E-state index in [0.717, 1.165) is 73.2 Å². The molecule has 6 atom stereocenters. The smallest absolute Gasteiger partial charge is 0.434 e. The normalized spacial score (nSPS) is 22.1. The number of nitrogens with zero attached hydrogens (tertiary/aromatic N) is 4. The van der Waals surface area contributed by atoms with Crippen LogP contribution in [0.25, 0.3) is 0 Å². The highest BCUT2D eigenvalue weighted by atomic mass is 32.1. The molecule has 1 aliphatic carbocycles. The number of thiazole rings is 2. The van der Waals surface area contributed by atoms with E-state index in [0.29, 0.717) is 23.3 Å². The lowest BCUT2D eigenvalue weighted by Crippen LogP contribution is -2.59. The van der Waals surface area contributed by atoms with E-state index in [1.807, 2.05) is 13.8 Å². The lowest BCUT2D eigenvalue weighted by Gasteiger charge is -2.45. The zero-order chi connectivity index (χ0) is 40.9. The Kier molecular flexibility index (Phi) is 14.6. The number of alkyl halides is 3. The molecule has 4 fully saturated rings. The Labute approximate surface area is 333 Å². The van der Waals surface area contributed by atoms with Gasteiger partial charge in [0.05, 0.1) is 24.1 Å². The number of methoxy groups -OCH3 is 1. The molecule has 3 saturated heterocycles. The van der Waals surface area contributed by atoms with E-state index in [1.165, 1.54) is 19.4 Å². The average Bonchev–Trinajstić information content (AvgIpc) is 3.59. The highest BCUT2D eigenvalue weighted by Gasteiger charge is 2.41. The number of fused-ring (bicyclic) bond motifs is 3. The molecule has 2 aromatic rings. The van der Waals surface area contributed by atoms with Crippen molar-refractivity contribution >= 4 is 52.3 Å². The van der Waals surface area contributed by atoms with Crippen LogP contribution < -0.4 is 10.6 Å². The van der Waals surface area contributed by atoms with Gasteiger partial charge < -0.3 is 25.0 Å². The molecule has 0 aromatic carbocycles. The Balaban J connectivity index is 1.29. The molecule has 0 radical (unpaired) electrons. The van der Waals surface area contributed by atoms with Crippen LogP contribution in [0.4, 0.5) is 13.2 Å². The summed E-state index contributed by atoms with van der Waals surface area (Å²) >= 11 is 1.89. The van der Waals surface area contributed by atoms with Gasteiger partial charge in [-0.1, -0.05) is 33.6 Å². The van der Waals surface area contributed by atoms with E-state index in [9.17, 15) is 37.1 Å². The summed E-state index contributed by atoms with van der Waals surface area (Å²) in [7, 11) is 2.92. The molecule has 56 heavy (non-hydrogen) atoms. The Morgan fingerprint density at radius 1 is 1.00 bits per heavy atom.